The Morgan fingerprint density at radius 2 is 1.83 bits per heavy atom. The van der Waals surface area contributed by atoms with Crippen LogP contribution in [-0.2, 0) is 9.53 Å². The van der Waals surface area contributed by atoms with Gasteiger partial charge in [-0.2, -0.15) is 0 Å². The fraction of sp³-hybridized carbons (Fsp3) is 0.423. The molecule has 1 atom stereocenters. The lowest BCUT2D eigenvalue weighted by Crippen LogP contribution is -2.12. The summed E-state index contributed by atoms with van der Waals surface area (Å²) in [6, 6.07) is 17.1. The van der Waals surface area contributed by atoms with E-state index in [0.717, 1.165) is 30.6 Å². The number of hydrogen-bond acceptors (Lipinski definition) is 3. The number of allylic oxidation sites excluding steroid dienone is 1. The number of ether oxygens (including phenoxy) is 2. The summed E-state index contributed by atoms with van der Waals surface area (Å²) in [5.74, 6) is 0.961. The minimum Gasteiger partial charge on any atom is -0.490 e. The summed E-state index contributed by atoms with van der Waals surface area (Å²) in [6.45, 7) is 4.10. The van der Waals surface area contributed by atoms with Gasteiger partial charge in [0.15, 0.2) is 0 Å². The lowest BCUT2D eigenvalue weighted by atomic mass is 9.84. The summed E-state index contributed by atoms with van der Waals surface area (Å²) >= 11 is 0. The predicted octanol–water partition coefficient (Wildman–Crippen LogP) is 6.35. The van der Waals surface area contributed by atoms with Crippen LogP contribution in [0.2, 0.25) is 0 Å². The second-order valence-corrected chi connectivity index (χ2v) is 7.92. The van der Waals surface area contributed by atoms with Crippen LogP contribution in [0.5, 0.6) is 5.75 Å². The second kappa shape index (κ2) is 10.3. The molecule has 0 radical (unpaired) electrons. The van der Waals surface area contributed by atoms with E-state index in [4.69, 9.17) is 9.47 Å². The third-order valence-corrected chi connectivity index (χ3v) is 5.89. The monoisotopic (exact) mass is 392 g/mol. The summed E-state index contributed by atoms with van der Waals surface area (Å²) in [7, 11) is 1.44. The first kappa shape index (κ1) is 21.2. The van der Waals surface area contributed by atoms with Crippen LogP contribution in [0.15, 0.2) is 60.2 Å². The van der Waals surface area contributed by atoms with Gasteiger partial charge in [0, 0.05) is 5.92 Å². The van der Waals surface area contributed by atoms with Gasteiger partial charge < -0.3 is 9.47 Å². The first-order chi connectivity index (χ1) is 14.1. The van der Waals surface area contributed by atoms with Crippen molar-refractivity contribution in [2.45, 2.75) is 64.4 Å². The highest BCUT2D eigenvalue weighted by Gasteiger charge is 2.21. The number of hydrogen-bond donors (Lipinski definition) is 0. The van der Waals surface area contributed by atoms with E-state index in [1.165, 1.54) is 36.6 Å². The summed E-state index contributed by atoms with van der Waals surface area (Å²) < 4.78 is 11.2. The van der Waals surface area contributed by atoms with E-state index in [1.807, 2.05) is 19.1 Å². The number of carbonyl (C=O) groups excluding carboxylic acids is 1. The molecule has 2 aromatic carbocycles. The quantitative estimate of drug-likeness (QED) is 0.388. The molecular formula is C26H32O3. The Kier molecular flexibility index (Phi) is 7.51. The van der Waals surface area contributed by atoms with Gasteiger partial charge in [-0.15, -0.1) is 0 Å². The first-order valence-corrected chi connectivity index (χ1v) is 10.6. The molecule has 0 spiro atoms. The molecule has 1 unspecified atom stereocenters. The Balaban J connectivity index is 1.90. The van der Waals surface area contributed by atoms with Gasteiger partial charge in [-0.1, -0.05) is 54.1 Å². The van der Waals surface area contributed by atoms with Gasteiger partial charge in [0.1, 0.15) is 5.75 Å². The molecule has 0 aromatic heterocycles. The van der Waals surface area contributed by atoms with E-state index >= 15 is 0 Å². The molecule has 1 saturated carbocycles. The topological polar surface area (TPSA) is 35.5 Å². The van der Waals surface area contributed by atoms with Crippen molar-refractivity contribution in [3.05, 3.63) is 76.9 Å². The molecule has 0 bridgehead atoms. The molecule has 1 aliphatic rings. The van der Waals surface area contributed by atoms with Gasteiger partial charge in [0.2, 0.25) is 0 Å². The smallest absolute Gasteiger partial charge is 0.309 e. The molecule has 1 aliphatic carbocycles. The molecule has 1 fully saturated rings. The van der Waals surface area contributed by atoms with Crippen LogP contribution in [0.4, 0.5) is 0 Å². The number of rotatable bonds is 8. The van der Waals surface area contributed by atoms with Gasteiger partial charge in [0.25, 0.3) is 0 Å². The minimum atomic E-state index is -0.195. The van der Waals surface area contributed by atoms with E-state index in [1.54, 1.807) is 0 Å². The maximum Gasteiger partial charge on any atom is 0.309 e. The Hall–Kier alpha value is -2.55. The average Bonchev–Trinajstić information content (AvgIpc) is 3.26. The number of carbonyl (C=O) groups is 1. The fourth-order valence-corrected chi connectivity index (χ4v) is 4.07. The lowest BCUT2D eigenvalue weighted by molar-refractivity contribution is -0.139. The maximum absolute atomic E-state index is 11.8. The van der Waals surface area contributed by atoms with Crippen molar-refractivity contribution in [3.63, 3.8) is 0 Å². The normalized spacial score (nSPS) is 15.9. The van der Waals surface area contributed by atoms with Crippen molar-refractivity contribution < 1.29 is 14.3 Å². The maximum atomic E-state index is 11.8. The molecule has 3 nitrogen and oxygen atoms in total. The van der Waals surface area contributed by atoms with Gasteiger partial charge in [-0.05, 0) is 68.7 Å². The summed E-state index contributed by atoms with van der Waals surface area (Å²) in [5, 5.41) is 0. The molecule has 0 N–H and O–H groups in total. The summed E-state index contributed by atoms with van der Waals surface area (Å²) in [5.41, 5.74) is 4.73. The van der Waals surface area contributed by atoms with Crippen molar-refractivity contribution >= 4 is 5.97 Å². The Morgan fingerprint density at radius 1 is 1.10 bits per heavy atom. The Morgan fingerprint density at radius 3 is 2.48 bits per heavy atom. The minimum absolute atomic E-state index is 0.165. The first-order valence-electron chi connectivity index (χ1n) is 10.6. The third-order valence-electron chi connectivity index (χ3n) is 5.89. The van der Waals surface area contributed by atoms with Crippen LogP contribution in [0.25, 0.3) is 0 Å². The van der Waals surface area contributed by atoms with Crippen molar-refractivity contribution in [3.8, 4) is 5.75 Å². The molecule has 2 aromatic rings. The highest BCUT2D eigenvalue weighted by molar-refractivity contribution is 5.72. The molecule has 0 saturated heterocycles. The van der Waals surface area contributed by atoms with E-state index in [0.29, 0.717) is 12.5 Å². The highest BCUT2D eigenvalue weighted by atomic mass is 16.5. The van der Waals surface area contributed by atoms with Gasteiger partial charge in [-0.25, -0.2) is 0 Å². The number of methoxy groups -OCH3 is 1. The van der Waals surface area contributed by atoms with Crippen LogP contribution in [0, 0.1) is 6.92 Å². The zero-order valence-electron chi connectivity index (χ0n) is 17.8. The van der Waals surface area contributed by atoms with Crippen LogP contribution in [0.1, 0.15) is 68.1 Å². The Bertz CT molecular complexity index is 832. The van der Waals surface area contributed by atoms with Crippen molar-refractivity contribution in [1.29, 1.82) is 0 Å². The largest absolute Gasteiger partial charge is 0.490 e. The molecule has 29 heavy (non-hydrogen) atoms. The van der Waals surface area contributed by atoms with E-state index < -0.39 is 0 Å². The average molecular weight is 393 g/mol. The molecule has 154 valence electrons. The van der Waals surface area contributed by atoms with Crippen LogP contribution >= 0.6 is 0 Å². The van der Waals surface area contributed by atoms with E-state index in [2.05, 4.69) is 49.4 Å². The summed E-state index contributed by atoms with van der Waals surface area (Å²) in [4.78, 5) is 11.8. The fourth-order valence-electron chi connectivity index (χ4n) is 4.07. The van der Waals surface area contributed by atoms with Gasteiger partial charge in [0.05, 0.1) is 19.6 Å². The zero-order valence-corrected chi connectivity index (χ0v) is 17.8. The molecular weight excluding hydrogens is 360 g/mol. The van der Waals surface area contributed by atoms with Crippen LogP contribution < -0.4 is 4.74 Å². The van der Waals surface area contributed by atoms with E-state index in [9.17, 15) is 4.79 Å². The van der Waals surface area contributed by atoms with Crippen molar-refractivity contribution in [2.75, 3.05) is 7.11 Å². The van der Waals surface area contributed by atoms with E-state index in [-0.39, 0.29) is 11.9 Å². The SMILES string of the molecule is CC=C(CC(=O)OC)CC(c1ccccc1)c1ccc(C)c(OC2CCCC2)c1. The Labute approximate surface area is 174 Å². The highest BCUT2D eigenvalue weighted by Crippen LogP contribution is 2.36. The van der Waals surface area contributed by atoms with Crippen LogP contribution in [0.3, 0.4) is 0 Å². The summed E-state index contributed by atoms with van der Waals surface area (Å²) in [6.07, 6.45) is 8.29. The van der Waals surface area contributed by atoms with Crippen LogP contribution in [-0.4, -0.2) is 19.2 Å². The lowest BCUT2D eigenvalue weighted by Gasteiger charge is -2.22. The molecule has 0 aliphatic heterocycles. The predicted molar refractivity (Wildman–Crippen MR) is 117 cm³/mol. The number of benzene rings is 2. The number of esters is 1. The molecule has 0 amide bonds. The van der Waals surface area contributed by atoms with Gasteiger partial charge in [-0.3, -0.25) is 4.79 Å². The van der Waals surface area contributed by atoms with Crippen molar-refractivity contribution in [1.82, 2.24) is 0 Å². The zero-order chi connectivity index (χ0) is 20.6. The molecule has 0 heterocycles. The standard InChI is InChI=1S/C26H32O3/c1-4-20(17-26(27)28-3)16-24(21-10-6-5-7-11-21)22-15-14-19(2)25(18-22)29-23-12-8-9-13-23/h4-7,10-11,14-15,18,23-24H,8-9,12-13,16-17H2,1-3H3. The van der Waals surface area contributed by atoms with Gasteiger partial charge >= 0.3 is 5.97 Å². The molecule has 3 rings (SSSR count). The van der Waals surface area contributed by atoms with Crippen molar-refractivity contribution in [2.24, 2.45) is 0 Å². The second-order valence-electron chi connectivity index (χ2n) is 7.92. The third kappa shape index (κ3) is 5.72. The molecule has 3 heteroatoms. The number of aryl methyl sites for hydroxylation is 1.